The average molecular weight is 410 g/mol. The summed E-state index contributed by atoms with van der Waals surface area (Å²) in [4.78, 5) is 10.3. The van der Waals surface area contributed by atoms with Crippen molar-refractivity contribution in [2.75, 3.05) is 26.5 Å². The smallest absolute Gasteiger partial charge is 0.269 e. The van der Waals surface area contributed by atoms with Crippen LogP contribution in [0.25, 0.3) is 0 Å². The molecule has 27 heavy (non-hydrogen) atoms. The number of ether oxygens (including phenoxy) is 2. The van der Waals surface area contributed by atoms with Gasteiger partial charge in [0.1, 0.15) is 0 Å². The summed E-state index contributed by atoms with van der Waals surface area (Å²) in [5, 5.41) is 10.4. The second-order valence-corrected chi connectivity index (χ2v) is 8.78. The van der Waals surface area contributed by atoms with Gasteiger partial charge in [0.25, 0.3) is 5.69 Å². The van der Waals surface area contributed by atoms with Gasteiger partial charge in [0.05, 0.1) is 29.4 Å². The predicted octanol–water partition coefficient (Wildman–Crippen LogP) is 3.05. The van der Waals surface area contributed by atoms with Gasteiger partial charge in [0, 0.05) is 24.4 Å². The molecule has 0 N–H and O–H groups in total. The van der Waals surface area contributed by atoms with Crippen LogP contribution >= 0.6 is 11.8 Å². The molecule has 2 aromatic carbocycles. The molecule has 1 fully saturated rings. The third-order valence-corrected chi connectivity index (χ3v) is 7.47. The quantitative estimate of drug-likeness (QED) is 0.533. The van der Waals surface area contributed by atoms with E-state index in [0.717, 1.165) is 5.56 Å². The summed E-state index contributed by atoms with van der Waals surface area (Å²) in [5.74, 6) is 1.73. The van der Waals surface area contributed by atoms with E-state index in [1.807, 2.05) is 6.07 Å². The molecule has 10 heteroatoms. The van der Waals surface area contributed by atoms with Crippen LogP contribution in [0.3, 0.4) is 0 Å². The zero-order valence-electron chi connectivity index (χ0n) is 14.7. The molecule has 1 atom stereocenters. The van der Waals surface area contributed by atoms with E-state index in [2.05, 4.69) is 0 Å². The molecule has 1 heterocycles. The summed E-state index contributed by atoms with van der Waals surface area (Å²) >= 11 is 1.51. The zero-order chi connectivity index (χ0) is 19.6. The third-order valence-electron chi connectivity index (χ3n) is 4.20. The molecule has 144 valence electrons. The van der Waals surface area contributed by atoms with Gasteiger partial charge < -0.3 is 9.47 Å². The third kappa shape index (κ3) is 3.73. The van der Waals surface area contributed by atoms with Crippen molar-refractivity contribution < 1.29 is 22.8 Å². The maximum Gasteiger partial charge on any atom is 0.269 e. The summed E-state index contributed by atoms with van der Waals surface area (Å²) < 4.78 is 38.1. The molecule has 0 bridgehead atoms. The maximum atomic E-state index is 13.1. The van der Waals surface area contributed by atoms with E-state index >= 15 is 0 Å². The molecule has 2 aromatic rings. The molecule has 0 spiro atoms. The first-order chi connectivity index (χ1) is 12.9. The number of sulfonamides is 1. The Hall–Kier alpha value is -2.30. The first-order valence-corrected chi connectivity index (χ1v) is 10.5. The Morgan fingerprint density at radius 3 is 2.37 bits per heavy atom. The lowest BCUT2D eigenvalue weighted by atomic mass is 10.2. The molecular weight excluding hydrogens is 392 g/mol. The Morgan fingerprint density at radius 2 is 1.78 bits per heavy atom. The molecule has 8 nitrogen and oxygen atoms in total. The number of nitro groups is 1. The van der Waals surface area contributed by atoms with Gasteiger partial charge in [-0.3, -0.25) is 10.1 Å². The highest BCUT2D eigenvalue weighted by atomic mass is 32.2. The highest BCUT2D eigenvalue weighted by molar-refractivity contribution is 8.01. The number of hydrogen-bond donors (Lipinski definition) is 0. The van der Waals surface area contributed by atoms with Crippen molar-refractivity contribution >= 4 is 27.5 Å². The minimum atomic E-state index is -3.80. The predicted molar refractivity (Wildman–Crippen MR) is 102 cm³/mol. The van der Waals surface area contributed by atoms with Crippen LogP contribution in [-0.4, -0.2) is 44.2 Å². The molecule has 1 aliphatic rings. The van der Waals surface area contributed by atoms with Gasteiger partial charge in [0.15, 0.2) is 11.5 Å². The molecular formula is C17H18N2O6S2. The summed E-state index contributed by atoms with van der Waals surface area (Å²) in [6.45, 7) is 0.350. The summed E-state index contributed by atoms with van der Waals surface area (Å²) in [6, 6.07) is 10.2. The number of nitro benzene ring substituents is 1. The SMILES string of the molecule is COc1ccc(C2SCCN2S(=O)(=O)c2ccc([N+](=O)[O-])cc2)cc1OC. The van der Waals surface area contributed by atoms with Gasteiger partial charge >= 0.3 is 0 Å². The van der Waals surface area contributed by atoms with Crippen LogP contribution in [0.1, 0.15) is 10.9 Å². The lowest BCUT2D eigenvalue weighted by molar-refractivity contribution is -0.384. The van der Waals surface area contributed by atoms with Crippen LogP contribution in [0.2, 0.25) is 0 Å². The van der Waals surface area contributed by atoms with Crippen molar-refractivity contribution in [1.82, 2.24) is 4.31 Å². The number of hydrogen-bond acceptors (Lipinski definition) is 7. The first kappa shape index (κ1) is 19.5. The van der Waals surface area contributed by atoms with Gasteiger partial charge in [-0.05, 0) is 29.8 Å². The summed E-state index contributed by atoms with van der Waals surface area (Å²) in [7, 11) is -0.738. The Labute approximate surface area is 161 Å². The van der Waals surface area contributed by atoms with E-state index in [-0.39, 0.29) is 10.6 Å². The van der Waals surface area contributed by atoms with Crippen LogP contribution in [0.4, 0.5) is 5.69 Å². The monoisotopic (exact) mass is 410 g/mol. The van der Waals surface area contributed by atoms with Crippen molar-refractivity contribution in [3.05, 3.63) is 58.1 Å². The minimum absolute atomic E-state index is 0.0288. The summed E-state index contributed by atoms with van der Waals surface area (Å²) in [5.41, 5.74) is 0.627. The second-order valence-electron chi connectivity index (χ2n) is 5.70. The van der Waals surface area contributed by atoms with Gasteiger partial charge in [-0.1, -0.05) is 6.07 Å². The largest absolute Gasteiger partial charge is 0.493 e. The Bertz CT molecular complexity index is 946. The molecule has 0 radical (unpaired) electrons. The van der Waals surface area contributed by atoms with E-state index < -0.39 is 20.3 Å². The van der Waals surface area contributed by atoms with E-state index in [0.29, 0.717) is 23.8 Å². The topological polar surface area (TPSA) is 99.0 Å². The molecule has 1 saturated heterocycles. The molecule has 1 aliphatic heterocycles. The molecule has 1 unspecified atom stereocenters. The fourth-order valence-electron chi connectivity index (χ4n) is 2.85. The van der Waals surface area contributed by atoms with E-state index in [1.54, 1.807) is 12.1 Å². The van der Waals surface area contributed by atoms with Crippen molar-refractivity contribution in [2.24, 2.45) is 0 Å². The van der Waals surface area contributed by atoms with E-state index in [4.69, 9.17) is 9.47 Å². The number of nitrogens with zero attached hydrogens (tertiary/aromatic N) is 2. The lowest BCUT2D eigenvalue weighted by Crippen LogP contribution is -2.30. The summed E-state index contributed by atoms with van der Waals surface area (Å²) in [6.07, 6.45) is 0. The van der Waals surface area contributed by atoms with Crippen molar-refractivity contribution in [3.8, 4) is 11.5 Å². The molecule has 0 amide bonds. The van der Waals surface area contributed by atoms with Crippen LogP contribution in [-0.2, 0) is 10.0 Å². The Morgan fingerprint density at radius 1 is 1.11 bits per heavy atom. The van der Waals surface area contributed by atoms with Crippen molar-refractivity contribution in [3.63, 3.8) is 0 Å². The van der Waals surface area contributed by atoms with E-state index in [9.17, 15) is 18.5 Å². The lowest BCUT2D eigenvalue weighted by Gasteiger charge is -2.24. The number of rotatable bonds is 6. The highest BCUT2D eigenvalue weighted by Crippen LogP contribution is 2.43. The average Bonchev–Trinajstić information content (AvgIpc) is 3.18. The second kappa shape index (κ2) is 7.75. The van der Waals surface area contributed by atoms with Crippen molar-refractivity contribution in [2.45, 2.75) is 10.3 Å². The Balaban J connectivity index is 1.94. The molecule has 0 saturated carbocycles. The molecule has 0 aromatic heterocycles. The zero-order valence-corrected chi connectivity index (χ0v) is 16.3. The fraction of sp³-hybridized carbons (Fsp3) is 0.294. The number of non-ortho nitro benzene ring substituents is 1. The molecule has 3 rings (SSSR count). The van der Waals surface area contributed by atoms with Crippen LogP contribution in [0, 0.1) is 10.1 Å². The number of benzene rings is 2. The highest BCUT2D eigenvalue weighted by Gasteiger charge is 2.37. The maximum absolute atomic E-state index is 13.1. The van der Waals surface area contributed by atoms with E-state index in [1.165, 1.54) is 54.6 Å². The van der Waals surface area contributed by atoms with Gasteiger partial charge in [-0.2, -0.15) is 4.31 Å². The Kier molecular flexibility index (Phi) is 5.59. The first-order valence-electron chi connectivity index (χ1n) is 7.98. The van der Waals surface area contributed by atoms with Gasteiger partial charge in [-0.15, -0.1) is 11.8 Å². The number of thioether (sulfide) groups is 1. The van der Waals surface area contributed by atoms with Crippen molar-refractivity contribution in [1.29, 1.82) is 0 Å². The molecule has 0 aliphatic carbocycles. The standard InChI is InChI=1S/C17H18N2O6S2/c1-24-15-8-3-12(11-16(15)25-2)17-18(9-10-26-17)27(22,23)14-6-4-13(5-7-14)19(20)21/h3-8,11,17H,9-10H2,1-2H3. The van der Waals surface area contributed by atoms with Gasteiger partial charge in [0.2, 0.25) is 10.0 Å². The minimum Gasteiger partial charge on any atom is -0.493 e. The number of methoxy groups -OCH3 is 2. The van der Waals surface area contributed by atoms with Crippen LogP contribution < -0.4 is 9.47 Å². The van der Waals surface area contributed by atoms with Crippen LogP contribution in [0.15, 0.2) is 47.4 Å². The van der Waals surface area contributed by atoms with Crippen LogP contribution in [0.5, 0.6) is 11.5 Å². The fourth-order valence-corrected chi connectivity index (χ4v) is 6.08. The normalized spacial score (nSPS) is 17.6. The van der Waals surface area contributed by atoms with Gasteiger partial charge in [-0.25, -0.2) is 8.42 Å².